The van der Waals surface area contributed by atoms with Crippen molar-refractivity contribution >= 4 is 16.7 Å². The van der Waals surface area contributed by atoms with Crippen molar-refractivity contribution in [2.75, 3.05) is 6.61 Å². The summed E-state index contributed by atoms with van der Waals surface area (Å²) in [4.78, 5) is 12.0. The highest BCUT2D eigenvalue weighted by atomic mass is 16.5. The number of benzene rings is 2. The number of carbonyl (C=O) groups is 1. The fourth-order valence-corrected chi connectivity index (χ4v) is 1.84. The molecule has 3 nitrogen and oxygen atoms in total. The number of hydrogen-bond donors (Lipinski definition) is 1. The molecule has 0 aromatic heterocycles. The van der Waals surface area contributed by atoms with Crippen molar-refractivity contribution in [1.29, 1.82) is 0 Å². The number of carbonyl (C=O) groups excluding carboxylic acids is 1. The van der Waals surface area contributed by atoms with E-state index in [0.29, 0.717) is 24.0 Å². The summed E-state index contributed by atoms with van der Waals surface area (Å²) in [5, 5.41) is 11.2. The van der Waals surface area contributed by atoms with Gasteiger partial charge in [0.1, 0.15) is 5.75 Å². The highest BCUT2D eigenvalue weighted by molar-refractivity contribution is 5.95. The third kappa shape index (κ3) is 3.29. The average molecular weight is 272 g/mol. The predicted octanol–water partition coefficient (Wildman–Crippen LogP) is 3.99. The molecular weight excluding hydrogens is 252 g/mol. The fourth-order valence-electron chi connectivity index (χ4n) is 1.84. The molecule has 2 aromatic carbocycles. The minimum absolute atomic E-state index is 0.221. The van der Waals surface area contributed by atoms with E-state index in [-0.39, 0.29) is 11.7 Å². The lowest BCUT2D eigenvalue weighted by Gasteiger charge is -2.15. The van der Waals surface area contributed by atoms with Crippen molar-refractivity contribution in [3.05, 3.63) is 42.0 Å². The van der Waals surface area contributed by atoms with Crippen LogP contribution in [0.1, 0.15) is 31.1 Å². The van der Waals surface area contributed by atoms with Crippen LogP contribution in [0.25, 0.3) is 10.8 Å². The predicted molar refractivity (Wildman–Crippen MR) is 79.9 cm³/mol. The first kappa shape index (κ1) is 14.4. The van der Waals surface area contributed by atoms with E-state index in [1.807, 2.05) is 6.07 Å². The SMILES string of the molecule is CC(C)C(C)COC(=O)c1ccc2cc(O)ccc2c1. The first-order valence-corrected chi connectivity index (χ1v) is 6.87. The molecule has 3 heteroatoms. The van der Waals surface area contributed by atoms with E-state index in [9.17, 15) is 9.90 Å². The number of hydrogen-bond acceptors (Lipinski definition) is 3. The van der Waals surface area contributed by atoms with Gasteiger partial charge in [-0.25, -0.2) is 4.79 Å². The number of esters is 1. The van der Waals surface area contributed by atoms with Crippen LogP contribution in [0, 0.1) is 11.8 Å². The maximum Gasteiger partial charge on any atom is 0.338 e. The van der Waals surface area contributed by atoms with Crippen molar-refractivity contribution < 1.29 is 14.6 Å². The second-order valence-electron chi connectivity index (χ2n) is 5.57. The van der Waals surface area contributed by atoms with Gasteiger partial charge in [-0.2, -0.15) is 0 Å². The largest absolute Gasteiger partial charge is 0.508 e. The van der Waals surface area contributed by atoms with E-state index in [0.717, 1.165) is 10.8 Å². The molecule has 0 fully saturated rings. The van der Waals surface area contributed by atoms with Gasteiger partial charge in [0.2, 0.25) is 0 Å². The van der Waals surface area contributed by atoms with Gasteiger partial charge >= 0.3 is 5.97 Å². The minimum atomic E-state index is -0.299. The molecule has 0 saturated carbocycles. The molecule has 0 spiro atoms. The molecule has 1 N–H and O–H groups in total. The smallest absolute Gasteiger partial charge is 0.338 e. The quantitative estimate of drug-likeness (QED) is 0.856. The first-order chi connectivity index (χ1) is 9.47. The Hall–Kier alpha value is -2.03. The monoisotopic (exact) mass is 272 g/mol. The van der Waals surface area contributed by atoms with Crippen LogP contribution in [0.4, 0.5) is 0 Å². The molecule has 2 rings (SSSR count). The van der Waals surface area contributed by atoms with E-state index in [4.69, 9.17) is 4.74 Å². The lowest BCUT2D eigenvalue weighted by molar-refractivity contribution is 0.0420. The van der Waals surface area contributed by atoms with Crippen molar-refractivity contribution in [1.82, 2.24) is 0 Å². The summed E-state index contributed by atoms with van der Waals surface area (Å²) >= 11 is 0. The zero-order valence-corrected chi connectivity index (χ0v) is 12.1. The van der Waals surface area contributed by atoms with E-state index in [2.05, 4.69) is 20.8 Å². The van der Waals surface area contributed by atoms with Crippen molar-refractivity contribution in [3.63, 3.8) is 0 Å². The Morgan fingerprint density at radius 3 is 2.45 bits per heavy atom. The molecule has 0 aliphatic rings. The third-order valence-electron chi connectivity index (χ3n) is 3.67. The Morgan fingerprint density at radius 2 is 1.75 bits per heavy atom. The average Bonchev–Trinajstić information content (AvgIpc) is 2.43. The summed E-state index contributed by atoms with van der Waals surface area (Å²) in [6.45, 7) is 6.73. The molecule has 1 unspecified atom stereocenters. The van der Waals surface area contributed by atoms with Crippen LogP contribution in [0.15, 0.2) is 36.4 Å². The van der Waals surface area contributed by atoms with Gasteiger partial charge in [-0.3, -0.25) is 0 Å². The molecule has 20 heavy (non-hydrogen) atoms. The zero-order chi connectivity index (χ0) is 14.7. The molecule has 0 aliphatic heterocycles. The van der Waals surface area contributed by atoms with E-state index >= 15 is 0 Å². The van der Waals surface area contributed by atoms with Gasteiger partial charge in [-0.05, 0) is 46.9 Å². The Balaban J connectivity index is 2.12. The molecular formula is C17H20O3. The molecule has 0 heterocycles. The van der Waals surface area contributed by atoms with E-state index < -0.39 is 0 Å². The molecule has 106 valence electrons. The van der Waals surface area contributed by atoms with Gasteiger partial charge in [-0.15, -0.1) is 0 Å². The van der Waals surface area contributed by atoms with Gasteiger partial charge in [0.25, 0.3) is 0 Å². The second-order valence-corrected chi connectivity index (χ2v) is 5.57. The second kappa shape index (κ2) is 5.95. The Bertz CT molecular complexity index is 617. The molecule has 0 saturated heterocycles. The molecule has 1 atom stereocenters. The van der Waals surface area contributed by atoms with Crippen LogP contribution in [0.3, 0.4) is 0 Å². The van der Waals surface area contributed by atoms with Gasteiger partial charge < -0.3 is 9.84 Å². The number of phenolic OH excluding ortho intramolecular Hbond substituents is 1. The lowest BCUT2D eigenvalue weighted by Crippen LogP contribution is -2.16. The van der Waals surface area contributed by atoms with Gasteiger partial charge in [-0.1, -0.05) is 32.9 Å². The minimum Gasteiger partial charge on any atom is -0.508 e. The summed E-state index contributed by atoms with van der Waals surface area (Å²) < 4.78 is 5.34. The highest BCUT2D eigenvalue weighted by Gasteiger charge is 2.12. The third-order valence-corrected chi connectivity index (χ3v) is 3.67. The fraction of sp³-hybridized carbons (Fsp3) is 0.353. The van der Waals surface area contributed by atoms with Crippen molar-refractivity contribution in [2.24, 2.45) is 11.8 Å². The Labute approximate surface area is 119 Å². The van der Waals surface area contributed by atoms with Crippen molar-refractivity contribution in [3.8, 4) is 5.75 Å². The number of fused-ring (bicyclic) bond motifs is 1. The first-order valence-electron chi connectivity index (χ1n) is 6.87. The summed E-state index contributed by atoms with van der Waals surface area (Å²) in [6.07, 6.45) is 0. The van der Waals surface area contributed by atoms with E-state index in [1.165, 1.54) is 0 Å². The molecule has 0 amide bonds. The Morgan fingerprint density at radius 1 is 1.10 bits per heavy atom. The maximum absolute atomic E-state index is 12.0. The molecule has 2 aromatic rings. The topological polar surface area (TPSA) is 46.5 Å². The number of rotatable bonds is 4. The van der Waals surface area contributed by atoms with Crippen LogP contribution in [-0.2, 0) is 4.74 Å². The van der Waals surface area contributed by atoms with Gasteiger partial charge in [0, 0.05) is 0 Å². The van der Waals surface area contributed by atoms with Crippen LogP contribution in [0.5, 0.6) is 5.75 Å². The normalized spacial score (nSPS) is 12.6. The Kier molecular flexibility index (Phi) is 4.28. The summed E-state index contributed by atoms with van der Waals surface area (Å²) in [6, 6.07) is 10.4. The molecule has 0 radical (unpaired) electrons. The summed E-state index contributed by atoms with van der Waals surface area (Å²) in [5.74, 6) is 0.754. The number of ether oxygens (including phenoxy) is 1. The standard InChI is InChI=1S/C17H20O3/c1-11(2)12(3)10-20-17(19)15-5-4-14-9-16(18)7-6-13(14)8-15/h4-9,11-12,18H,10H2,1-3H3. The number of phenols is 1. The molecule has 0 aliphatic carbocycles. The number of aromatic hydroxyl groups is 1. The van der Waals surface area contributed by atoms with Crippen LogP contribution < -0.4 is 0 Å². The van der Waals surface area contributed by atoms with Gasteiger partial charge in [0.05, 0.1) is 12.2 Å². The summed E-state index contributed by atoms with van der Waals surface area (Å²) in [7, 11) is 0. The van der Waals surface area contributed by atoms with Crippen molar-refractivity contribution in [2.45, 2.75) is 20.8 Å². The zero-order valence-electron chi connectivity index (χ0n) is 12.1. The highest BCUT2D eigenvalue weighted by Crippen LogP contribution is 2.21. The lowest BCUT2D eigenvalue weighted by atomic mass is 9.99. The molecule has 0 bridgehead atoms. The van der Waals surface area contributed by atoms with Crippen LogP contribution in [0.2, 0.25) is 0 Å². The van der Waals surface area contributed by atoms with Gasteiger partial charge in [0.15, 0.2) is 0 Å². The van der Waals surface area contributed by atoms with Crippen LogP contribution in [-0.4, -0.2) is 17.7 Å². The summed E-state index contributed by atoms with van der Waals surface area (Å²) in [5.41, 5.74) is 0.541. The van der Waals surface area contributed by atoms with Crippen LogP contribution >= 0.6 is 0 Å². The van der Waals surface area contributed by atoms with E-state index in [1.54, 1.807) is 30.3 Å². The maximum atomic E-state index is 12.0.